The Hall–Kier alpha value is -2.73. The van der Waals surface area contributed by atoms with Gasteiger partial charge in [0.05, 0.1) is 16.8 Å². The first-order valence-corrected chi connectivity index (χ1v) is 7.76. The SMILES string of the molecule is O=C1c2cncnc2-c2nccc3c2c1nc1ccc(Br)cc13. The zero-order valence-electron chi connectivity index (χ0n) is 11.6. The number of carbonyl (C=O) groups excluding carboxylic acids is 1. The minimum absolute atomic E-state index is 0.157. The monoisotopic (exact) mass is 362 g/mol. The number of aromatic nitrogens is 4. The number of hydrogen-bond donors (Lipinski definition) is 0. The molecule has 0 bridgehead atoms. The van der Waals surface area contributed by atoms with E-state index in [1.165, 1.54) is 12.5 Å². The summed E-state index contributed by atoms with van der Waals surface area (Å²) in [6, 6.07) is 7.74. The number of nitrogens with zero attached hydrogens (tertiary/aromatic N) is 4. The van der Waals surface area contributed by atoms with Gasteiger partial charge in [0, 0.05) is 27.6 Å². The summed E-state index contributed by atoms with van der Waals surface area (Å²) in [5.74, 6) is -0.157. The van der Waals surface area contributed by atoms with Gasteiger partial charge in [-0.2, -0.15) is 0 Å². The van der Waals surface area contributed by atoms with Gasteiger partial charge in [0.2, 0.25) is 5.78 Å². The molecule has 3 heterocycles. The van der Waals surface area contributed by atoms with E-state index in [4.69, 9.17) is 0 Å². The van der Waals surface area contributed by atoms with Crippen LogP contribution in [0.15, 0.2) is 47.5 Å². The third-order valence-electron chi connectivity index (χ3n) is 4.07. The van der Waals surface area contributed by atoms with Crippen LogP contribution in [-0.4, -0.2) is 25.7 Å². The van der Waals surface area contributed by atoms with Gasteiger partial charge >= 0.3 is 0 Å². The van der Waals surface area contributed by atoms with Crippen LogP contribution in [0.2, 0.25) is 0 Å². The molecule has 0 amide bonds. The molecule has 0 unspecified atom stereocenters. The molecule has 1 aliphatic rings. The summed E-state index contributed by atoms with van der Waals surface area (Å²) < 4.78 is 0.963. The molecule has 1 aliphatic carbocycles. The minimum Gasteiger partial charge on any atom is -0.287 e. The third kappa shape index (κ3) is 1.64. The lowest BCUT2D eigenvalue weighted by Crippen LogP contribution is -2.14. The first kappa shape index (κ1) is 12.8. The average Bonchev–Trinajstić information content (AvgIpc) is 2.59. The predicted octanol–water partition coefficient (Wildman–Crippen LogP) is 3.55. The number of ketones is 1. The van der Waals surface area contributed by atoms with Crippen LogP contribution in [0.5, 0.6) is 0 Å². The van der Waals surface area contributed by atoms with Crippen LogP contribution in [0.4, 0.5) is 0 Å². The molecule has 6 heteroatoms. The Morgan fingerprint density at radius 3 is 2.78 bits per heavy atom. The summed E-state index contributed by atoms with van der Waals surface area (Å²) in [4.78, 5) is 30.1. The van der Waals surface area contributed by atoms with Gasteiger partial charge in [0.25, 0.3) is 0 Å². The van der Waals surface area contributed by atoms with Crippen molar-refractivity contribution in [1.29, 1.82) is 0 Å². The molecule has 23 heavy (non-hydrogen) atoms. The highest BCUT2D eigenvalue weighted by atomic mass is 79.9. The molecule has 0 aliphatic heterocycles. The molecular weight excluding hydrogens is 356 g/mol. The molecule has 108 valence electrons. The standard InChI is InChI=1S/C17H7BrN4O/c18-8-1-2-12-10(5-8)9-3-4-20-15-13(9)16(22-12)17(23)11-6-19-7-21-14(11)15/h1-7H. The van der Waals surface area contributed by atoms with E-state index in [2.05, 4.69) is 35.9 Å². The van der Waals surface area contributed by atoms with Crippen molar-refractivity contribution in [2.75, 3.05) is 0 Å². The van der Waals surface area contributed by atoms with Crippen LogP contribution < -0.4 is 0 Å². The lowest BCUT2D eigenvalue weighted by Gasteiger charge is -2.17. The molecule has 5 nitrogen and oxygen atoms in total. The van der Waals surface area contributed by atoms with Crippen molar-refractivity contribution in [3.8, 4) is 11.4 Å². The van der Waals surface area contributed by atoms with Gasteiger partial charge in [-0.25, -0.2) is 15.0 Å². The van der Waals surface area contributed by atoms with E-state index in [0.717, 1.165) is 26.1 Å². The van der Waals surface area contributed by atoms with E-state index in [-0.39, 0.29) is 5.78 Å². The summed E-state index contributed by atoms with van der Waals surface area (Å²) in [6.45, 7) is 0. The number of fused-ring (bicyclic) bond motifs is 4. The third-order valence-corrected chi connectivity index (χ3v) is 4.56. The maximum atomic E-state index is 12.8. The smallest absolute Gasteiger partial charge is 0.215 e. The summed E-state index contributed by atoms with van der Waals surface area (Å²) in [7, 11) is 0. The van der Waals surface area contributed by atoms with Crippen LogP contribution in [0, 0.1) is 0 Å². The van der Waals surface area contributed by atoms with Gasteiger partial charge in [0.1, 0.15) is 17.7 Å². The Kier molecular flexibility index (Phi) is 2.44. The predicted molar refractivity (Wildman–Crippen MR) is 89.2 cm³/mol. The van der Waals surface area contributed by atoms with Crippen molar-refractivity contribution in [3.05, 3.63) is 58.7 Å². The van der Waals surface area contributed by atoms with Gasteiger partial charge < -0.3 is 0 Å². The molecule has 0 radical (unpaired) electrons. The zero-order valence-corrected chi connectivity index (χ0v) is 13.2. The fourth-order valence-corrected chi connectivity index (χ4v) is 3.44. The molecule has 5 rings (SSSR count). The van der Waals surface area contributed by atoms with E-state index in [1.54, 1.807) is 6.20 Å². The number of halogens is 1. The van der Waals surface area contributed by atoms with Gasteiger partial charge in [-0.1, -0.05) is 15.9 Å². The second-order valence-electron chi connectivity index (χ2n) is 5.32. The minimum atomic E-state index is -0.157. The highest BCUT2D eigenvalue weighted by Crippen LogP contribution is 2.38. The second kappa shape index (κ2) is 4.39. The first-order chi connectivity index (χ1) is 11.2. The molecule has 0 N–H and O–H groups in total. The second-order valence-corrected chi connectivity index (χ2v) is 6.23. The van der Waals surface area contributed by atoms with E-state index in [1.807, 2.05) is 24.3 Å². The molecular formula is C17H7BrN4O. The molecule has 0 spiro atoms. The highest BCUT2D eigenvalue weighted by molar-refractivity contribution is 9.10. The summed E-state index contributed by atoms with van der Waals surface area (Å²) in [5, 5.41) is 2.69. The lowest BCUT2D eigenvalue weighted by molar-refractivity contribution is 0.103. The van der Waals surface area contributed by atoms with Gasteiger partial charge in [-0.3, -0.25) is 9.78 Å². The van der Waals surface area contributed by atoms with Crippen LogP contribution in [-0.2, 0) is 0 Å². The fraction of sp³-hybridized carbons (Fsp3) is 0. The molecule has 0 saturated heterocycles. The molecule has 0 saturated carbocycles. The number of rotatable bonds is 0. The lowest BCUT2D eigenvalue weighted by atomic mass is 9.91. The Morgan fingerprint density at radius 1 is 0.957 bits per heavy atom. The molecule has 3 aromatic heterocycles. The molecule has 0 atom stereocenters. The molecule has 1 aromatic carbocycles. The van der Waals surface area contributed by atoms with Crippen molar-refractivity contribution < 1.29 is 4.79 Å². The van der Waals surface area contributed by atoms with Crippen molar-refractivity contribution in [1.82, 2.24) is 19.9 Å². The maximum absolute atomic E-state index is 12.8. The molecule has 0 fully saturated rings. The zero-order chi connectivity index (χ0) is 15.6. The Morgan fingerprint density at radius 2 is 1.87 bits per heavy atom. The molecule has 4 aromatic rings. The Bertz CT molecular complexity index is 1160. The largest absolute Gasteiger partial charge is 0.287 e. The number of hydrogen-bond acceptors (Lipinski definition) is 5. The first-order valence-electron chi connectivity index (χ1n) is 6.97. The van der Waals surface area contributed by atoms with Crippen molar-refractivity contribution >= 4 is 43.4 Å². The van der Waals surface area contributed by atoms with Crippen molar-refractivity contribution in [2.24, 2.45) is 0 Å². The van der Waals surface area contributed by atoms with E-state index < -0.39 is 0 Å². The topological polar surface area (TPSA) is 68.6 Å². The van der Waals surface area contributed by atoms with Crippen LogP contribution in [0.1, 0.15) is 16.1 Å². The van der Waals surface area contributed by atoms with Crippen LogP contribution in [0.3, 0.4) is 0 Å². The average molecular weight is 363 g/mol. The summed E-state index contributed by atoms with van der Waals surface area (Å²) >= 11 is 3.49. The van der Waals surface area contributed by atoms with Gasteiger partial charge in [0.15, 0.2) is 0 Å². The normalized spacial score (nSPS) is 12.7. The Labute approximate surface area is 138 Å². The maximum Gasteiger partial charge on any atom is 0.215 e. The van der Waals surface area contributed by atoms with Crippen LogP contribution in [0.25, 0.3) is 33.1 Å². The number of carbonyl (C=O) groups is 1. The Balaban J connectivity index is 2.07. The number of benzene rings is 1. The van der Waals surface area contributed by atoms with Gasteiger partial charge in [-0.15, -0.1) is 0 Å². The highest BCUT2D eigenvalue weighted by Gasteiger charge is 2.29. The van der Waals surface area contributed by atoms with Gasteiger partial charge in [-0.05, 0) is 29.7 Å². The van der Waals surface area contributed by atoms with E-state index >= 15 is 0 Å². The van der Waals surface area contributed by atoms with Crippen LogP contribution >= 0.6 is 15.9 Å². The summed E-state index contributed by atoms with van der Waals surface area (Å²) in [6.07, 6.45) is 4.70. The van der Waals surface area contributed by atoms with Crippen molar-refractivity contribution in [3.63, 3.8) is 0 Å². The number of pyridine rings is 2. The van der Waals surface area contributed by atoms with E-state index in [0.29, 0.717) is 22.6 Å². The van der Waals surface area contributed by atoms with Crippen molar-refractivity contribution in [2.45, 2.75) is 0 Å². The quantitative estimate of drug-likeness (QED) is 0.394. The summed E-state index contributed by atoms with van der Waals surface area (Å²) in [5.41, 5.74) is 2.90. The fourth-order valence-electron chi connectivity index (χ4n) is 3.08. The van der Waals surface area contributed by atoms with E-state index in [9.17, 15) is 4.79 Å².